The quantitative estimate of drug-likeness (QED) is 0.779. The van der Waals surface area contributed by atoms with E-state index in [1.54, 1.807) is 0 Å². The number of Topliss-reactive ketones (excluding diaryl/α,β-unsaturated/α-hetero) is 2. The van der Waals surface area contributed by atoms with Crippen LogP contribution in [0.2, 0.25) is 0 Å². The molecule has 0 saturated heterocycles. The molecule has 2 aromatic rings. The van der Waals surface area contributed by atoms with E-state index in [2.05, 4.69) is 0 Å². The highest BCUT2D eigenvalue weighted by Crippen LogP contribution is 2.31. The van der Waals surface area contributed by atoms with Gasteiger partial charge in [0.25, 0.3) is 0 Å². The van der Waals surface area contributed by atoms with Gasteiger partial charge in [-0.1, -0.05) is 60.7 Å². The number of ketones is 2. The van der Waals surface area contributed by atoms with Gasteiger partial charge >= 0.3 is 0 Å². The van der Waals surface area contributed by atoms with Crippen LogP contribution < -0.4 is 0 Å². The highest BCUT2D eigenvalue weighted by molar-refractivity contribution is 6.43. The molecule has 0 aliphatic carbocycles. The highest BCUT2D eigenvalue weighted by atomic mass is 16.2. The monoisotopic (exact) mass is 294 g/mol. The van der Waals surface area contributed by atoms with Crippen molar-refractivity contribution >= 4 is 11.6 Å². The van der Waals surface area contributed by atoms with Crippen LogP contribution in [0.15, 0.2) is 60.7 Å². The van der Waals surface area contributed by atoms with Crippen LogP contribution in [0.1, 0.15) is 38.8 Å². The largest absolute Gasteiger partial charge is 0.290 e. The molecular formula is C20H22O2. The molecule has 0 bridgehead atoms. The van der Waals surface area contributed by atoms with Crippen LogP contribution in [-0.2, 0) is 20.4 Å². The molecule has 0 unspecified atom stereocenters. The zero-order chi connectivity index (χ0) is 16.4. The van der Waals surface area contributed by atoms with Crippen molar-refractivity contribution in [3.63, 3.8) is 0 Å². The fraction of sp³-hybridized carbons (Fsp3) is 0.300. The maximum Gasteiger partial charge on any atom is 0.209 e. The Morgan fingerprint density at radius 3 is 1.14 bits per heavy atom. The third kappa shape index (κ3) is 2.87. The second-order valence-corrected chi connectivity index (χ2v) is 6.64. The van der Waals surface area contributed by atoms with E-state index in [4.69, 9.17) is 0 Å². The minimum atomic E-state index is -0.829. The van der Waals surface area contributed by atoms with Gasteiger partial charge in [-0.05, 0) is 38.8 Å². The summed E-state index contributed by atoms with van der Waals surface area (Å²) in [4.78, 5) is 25.7. The molecule has 0 radical (unpaired) electrons. The number of hydrogen-bond acceptors (Lipinski definition) is 2. The summed E-state index contributed by atoms with van der Waals surface area (Å²) in [6, 6.07) is 18.9. The van der Waals surface area contributed by atoms with Crippen LogP contribution in [0.4, 0.5) is 0 Å². The van der Waals surface area contributed by atoms with Crippen molar-refractivity contribution in [3.05, 3.63) is 71.8 Å². The Bertz CT molecular complexity index is 606. The average Bonchev–Trinajstić information content (AvgIpc) is 2.55. The van der Waals surface area contributed by atoms with Crippen LogP contribution in [0.3, 0.4) is 0 Å². The number of benzene rings is 2. The van der Waals surface area contributed by atoms with E-state index in [0.29, 0.717) is 0 Å². The molecule has 22 heavy (non-hydrogen) atoms. The molecule has 0 fully saturated rings. The number of carbonyl (C=O) groups excluding carboxylic acids is 2. The van der Waals surface area contributed by atoms with E-state index in [0.717, 1.165) is 11.1 Å². The standard InChI is InChI=1S/C20H22O2/c1-19(2,15-11-7-5-8-12-15)17(21)18(22)20(3,4)16-13-9-6-10-14-16/h5-14H,1-4H3. The molecule has 0 aromatic heterocycles. The SMILES string of the molecule is CC(C)(C(=O)C(=O)C(C)(C)c1ccccc1)c1ccccc1. The van der Waals surface area contributed by atoms with Crippen molar-refractivity contribution in [3.8, 4) is 0 Å². The van der Waals surface area contributed by atoms with Gasteiger partial charge in [-0.2, -0.15) is 0 Å². The summed E-state index contributed by atoms with van der Waals surface area (Å²) >= 11 is 0. The van der Waals surface area contributed by atoms with E-state index >= 15 is 0 Å². The van der Waals surface area contributed by atoms with Crippen LogP contribution in [0, 0.1) is 0 Å². The number of rotatable bonds is 5. The third-order valence-electron chi connectivity index (χ3n) is 4.33. The average molecular weight is 294 g/mol. The fourth-order valence-electron chi connectivity index (χ4n) is 2.54. The molecule has 2 aromatic carbocycles. The molecule has 0 atom stereocenters. The van der Waals surface area contributed by atoms with Crippen molar-refractivity contribution in [1.29, 1.82) is 0 Å². The van der Waals surface area contributed by atoms with Gasteiger partial charge in [0.15, 0.2) is 0 Å². The lowest BCUT2D eigenvalue weighted by Gasteiger charge is -2.29. The Kier molecular flexibility index (Phi) is 4.32. The fourth-order valence-corrected chi connectivity index (χ4v) is 2.54. The van der Waals surface area contributed by atoms with Gasteiger partial charge in [0.05, 0.1) is 10.8 Å². The molecule has 0 aliphatic rings. The number of hydrogen-bond donors (Lipinski definition) is 0. The van der Waals surface area contributed by atoms with Gasteiger partial charge < -0.3 is 0 Å². The molecule has 0 amide bonds. The Labute approximate surface area is 132 Å². The first-order chi connectivity index (χ1) is 10.3. The predicted molar refractivity (Wildman–Crippen MR) is 89.0 cm³/mol. The lowest BCUT2D eigenvalue weighted by Crippen LogP contribution is -2.44. The molecule has 0 aliphatic heterocycles. The van der Waals surface area contributed by atoms with Gasteiger partial charge in [0, 0.05) is 0 Å². The summed E-state index contributed by atoms with van der Waals surface area (Å²) in [6.07, 6.45) is 0. The Balaban J connectivity index is 2.35. The lowest BCUT2D eigenvalue weighted by atomic mass is 9.71. The number of carbonyl (C=O) groups is 2. The van der Waals surface area contributed by atoms with Gasteiger partial charge in [-0.25, -0.2) is 0 Å². The first-order valence-corrected chi connectivity index (χ1v) is 7.48. The molecule has 2 heteroatoms. The van der Waals surface area contributed by atoms with Crippen LogP contribution in [0.5, 0.6) is 0 Å². The van der Waals surface area contributed by atoms with E-state index in [9.17, 15) is 9.59 Å². The van der Waals surface area contributed by atoms with Crippen molar-refractivity contribution in [2.24, 2.45) is 0 Å². The van der Waals surface area contributed by atoms with Crippen molar-refractivity contribution in [1.82, 2.24) is 0 Å². The summed E-state index contributed by atoms with van der Waals surface area (Å²) < 4.78 is 0. The molecular weight excluding hydrogens is 272 g/mol. The Hall–Kier alpha value is -2.22. The Morgan fingerprint density at radius 1 is 0.591 bits per heavy atom. The lowest BCUT2D eigenvalue weighted by molar-refractivity contribution is -0.142. The maximum absolute atomic E-state index is 12.8. The van der Waals surface area contributed by atoms with E-state index < -0.39 is 10.8 Å². The van der Waals surface area contributed by atoms with Crippen LogP contribution in [0.25, 0.3) is 0 Å². The van der Waals surface area contributed by atoms with Crippen molar-refractivity contribution in [2.75, 3.05) is 0 Å². The van der Waals surface area contributed by atoms with Crippen LogP contribution in [-0.4, -0.2) is 11.6 Å². The molecule has 0 N–H and O–H groups in total. The summed E-state index contributed by atoms with van der Waals surface area (Å²) in [5.41, 5.74) is 0.0591. The van der Waals surface area contributed by atoms with Crippen LogP contribution >= 0.6 is 0 Å². The normalized spacial score (nSPS) is 12.0. The van der Waals surface area contributed by atoms with Gasteiger partial charge in [0.1, 0.15) is 0 Å². The van der Waals surface area contributed by atoms with Gasteiger partial charge in [0.2, 0.25) is 11.6 Å². The van der Waals surface area contributed by atoms with E-state index in [1.165, 1.54) is 0 Å². The molecule has 2 nitrogen and oxygen atoms in total. The highest BCUT2D eigenvalue weighted by Gasteiger charge is 2.42. The molecule has 0 saturated carbocycles. The van der Waals surface area contributed by atoms with E-state index in [1.807, 2.05) is 88.4 Å². The first kappa shape index (κ1) is 16.2. The zero-order valence-electron chi connectivity index (χ0n) is 13.6. The van der Waals surface area contributed by atoms with E-state index in [-0.39, 0.29) is 11.6 Å². The smallest absolute Gasteiger partial charge is 0.209 e. The first-order valence-electron chi connectivity index (χ1n) is 7.48. The minimum absolute atomic E-state index is 0.354. The second-order valence-electron chi connectivity index (χ2n) is 6.64. The summed E-state index contributed by atoms with van der Waals surface area (Å²) in [5.74, 6) is -0.708. The Morgan fingerprint density at radius 2 is 0.864 bits per heavy atom. The molecule has 2 rings (SSSR count). The summed E-state index contributed by atoms with van der Waals surface area (Å²) in [6.45, 7) is 7.24. The third-order valence-corrected chi connectivity index (χ3v) is 4.33. The summed E-state index contributed by atoms with van der Waals surface area (Å²) in [5, 5.41) is 0. The van der Waals surface area contributed by atoms with Gasteiger partial charge in [-0.15, -0.1) is 0 Å². The summed E-state index contributed by atoms with van der Waals surface area (Å²) in [7, 11) is 0. The van der Waals surface area contributed by atoms with Crippen molar-refractivity contribution in [2.45, 2.75) is 38.5 Å². The van der Waals surface area contributed by atoms with Gasteiger partial charge in [-0.3, -0.25) is 9.59 Å². The zero-order valence-corrected chi connectivity index (χ0v) is 13.6. The minimum Gasteiger partial charge on any atom is -0.290 e. The molecule has 0 heterocycles. The predicted octanol–water partition coefficient (Wildman–Crippen LogP) is 4.08. The second kappa shape index (κ2) is 5.88. The molecule has 114 valence electrons. The van der Waals surface area contributed by atoms with Crippen molar-refractivity contribution < 1.29 is 9.59 Å². The molecule has 0 spiro atoms. The topological polar surface area (TPSA) is 34.1 Å². The maximum atomic E-state index is 12.8.